The second kappa shape index (κ2) is 13.0. The lowest BCUT2D eigenvalue weighted by Gasteiger charge is -2.35. The summed E-state index contributed by atoms with van der Waals surface area (Å²) in [6, 6.07) is 8.17. The molecule has 5 N–H and O–H groups in total. The van der Waals surface area contributed by atoms with Gasteiger partial charge in [-0.15, -0.1) is 5.53 Å². The Balaban J connectivity index is 1.27. The van der Waals surface area contributed by atoms with Crippen molar-refractivity contribution in [2.24, 2.45) is 33.6 Å². The number of amides is 3. The second-order valence-electron chi connectivity index (χ2n) is 11.9. The maximum Gasteiger partial charge on any atom is 0.507 e. The van der Waals surface area contributed by atoms with Crippen LogP contribution >= 0.6 is 11.3 Å². The number of rotatable bonds is 6. The molecule has 0 bridgehead atoms. The first-order valence-corrected chi connectivity index (χ1v) is 16.1. The first kappa shape index (κ1) is 33.1. The highest BCUT2D eigenvalue weighted by Crippen LogP contribution is 2.51. The van der Waals surface area contributed by atoms with Gasteiger partial charge in [0.2, 0.25) is 0 Å². The molecule has 11 nitrogen and oxygen atoms in total. The second-order valence-corrected chi connectivity index (χ2v) is 12.9. The lowest BCUT2D eigenvalue weighted by atomic mass is 9.73. The number of hydrogen-bond donors (Lipinski definition) is 3. The molecule has 2 unspecified atom stereocenters. The summed E-state index contributed by atoms with van der Waals surface area (Å²) in [6.07, 6.45) is 2.31. The van der Waals surface area contributed by atoms with E-state index in [1.54, 1.807) is 12.1 Å². The van der Waals surface area contributed by atoms with E-state index in [0.29, 0.717) is 23.1 Å². The summed E-state index contributed by atoms with van der Waals surface area (Å²) in [5.41, 5.74) is 12.2. The fourth-order valence-corrected chi connectivity index (χ4v) is 7.17. The normalized spacial score (nSPS) is 21.8. The largest absolute Gasteiger partial charge is 0.507 e. The van der Waals surface area contributed by atoms with Crippen LogP contribution in [0.3, 0.4) is 0 Å². The van der Waals surface area contributed by atoms with Gasteiger partial charge in [0.05, 0.1) is 12.1 Å². The number of urea groups is 1. The molecule has 48 heavy (non-hydrogen) atoms. The maximum atomic E-state index is 14.0. The lowest BCUT2D eigenvalue weighted by molar-refractivity contribution is -0.391. The van der Waals surface area contributed by atoms with Crippen molar-refractivity contribution in [3.8, 4) is 11.5 Å². The molecule has 1 saturated carbocycles. The van der Waals surface area contributed by atoms with E-state index in [1.807, 2.05) is 12.2 Å². The number of nitrogens with zero attached hydrogens (tertiary/aromatic N) is 4. The van der Waals surface area contributed by atoms with E-state index in [0.717, 1.165) is 30.2 Å². The predicted octanol–water partition coefficient (Wildman–Crippen LogP) is 6.24. The van der Waals surface area contributed by atoms with Gasteiger partial charge in [0.1, 0.15) is 4.70 Å². The summed E-state index contributed by atoms with van der Waals surface area (Å²) < 4.78 is 64.1. The third-order valence-electron chi connectivity index (χ3n) is 8.67. The number of carbonyl (C=O) groups excluding carboxylic acids is 2. The van der Waals surface area contributed by atoms with Crippen LogP contribution in [0.5, 0.6) is 11.5 Å². The Bertz CT molecular complexity index is 1840. The number of hydrogen-bond acceptors (Lipinski definition) is 6. The number of halogens is 4. The topological polar surface area (TPSA) is 157 Å². The average molecular weight is 687 g/mol. The molecule has 1 fully saturated rings. The minimum atomic E-state index is -4.91. The zero-order valence-electron chi connectivity index (χ0n) is 25.7. The van der Waals surface area contributed by atoms with Crippen LogP contribution in [-0.4, -0.2) is 40.0 Å². The van der Waals surface area contributed by atoms with Crippen LogP contribution in [-0.2, 0) is 6.54 Å². The van der Waals surface area contributed by atoms with Crippen LogP contribution in [0.15, 0.2) is 70.4 Å². The van der Waals surface area contributed by atoms with Gasteiger partial charge in [-0.05, 0) is 66.5 Å². The monoisotopic (exact) mass is 686 g/mol. The molecular formula is C32H32F4N7O4S+. The van der Waals surface area contributed by atoms with Crippen LogP contribution in [0.1, 0.15) is 54.9 Å². The third kappa shape index (κ3) is 6.61. The Kier molecular flexibility index (Phi) is 8.94. The molecule has 2 aromatic carbocycles. The summed E-state index contributed by atoms with van der Waals surface area (Å²) in [4.78, 5) is 35.7. The van der Waals surface area contributed by atoms with Gasteiger partial charge >= 0.3 is 18.2 Å². The smallest absolute Gasteiger partial charge is 0.421 e. The number of ether oxygens (including phenoxy) is 2. The fourth-order valence-electron chi connectivity index (χ4n) is 6.24. The molecule has 3 aliphatic rings. The molecule has 3 amide bonds. The molecule has 3 aromatic rings. The number of aromatic nitrogens is 1. The van der Waals surface area contributed by atoms with Crippen molar-refractivity contribution >= 4 is 44.6 Å². The number of thiazole rings is 1. The van der Waals surface area contributed by atoms with E-state index in [4.69, 9.17) is 11.3 Å². The van der Waals surface area contributed by atoms with Crippen molar-refractivity contribution in [2.75, 3.05) is 5.32 Å². The SMILES string of the molecule is CC1C=C(N(Cc2ccc(C(=O)N=C(N)N=[NH2+])cc2)C(=O)Nc2nc3ccc4c(c3s2)OC(F)(F)C(F)(F)O4)C=CC1C1CCCCC1. The molecule has 2 aliphatic carbocycles. The molecule has 16 heteroatoms. The van der Waals surface area contributed by atoms with Gasteiger partial charge in [0.15, 0.2) is 16.6 Å². The third-order valence-corrected chi connectivity index (χ3v) is 9.65. The number of aliphatic imine (C=N–C) groups is 1. The number of nitrogens with two attached hydrogens (primary N) is 2. The molecule has 0 saturated heterocycles. The number of fused-ring (bicyclic) bond motifs is 3. The van der Waals surface area contributed by atoms with Crippen LogP contribution in [0.2, 0.25) is 0 Å². The summed E-state index contributed by atoms with van der Waals surface area (Å²) in [6.45, 7) is 2.20. The molecule has 1 aliphatic heterocycles. The van der Waals surface area contributed by atoms with Crippen molar-refractivity contribution in [3.63, 3.8) is 0 Å². The van der Waals surface area contributed by atoms with Gasteiger partial charge in [-0.25, -0.2) is 9.78 Å². The average Bonchev–Trinajstić information content (AvgIpc) is 3.47. The Morgan fingerprint density at radius 3 is 2.48 bits per heavy atom. The predicted molar refractivity (Wildman–Crippen MR) is 169 cm³/mol. The number of anilines is 1. The molecule has 0 radical (unpaired) electrons. The molecule has 2 heterocycles. The van der Waals surface area contributed by atoms with Crippen LogP contribution in [0.4, 0.5) is 27.5 Å². The minimum absolute atomic E-state index is 0.00349. The lowest BCUT2D eigenvalue weighted by Crippen LogP contribution is -2.52. The van der Waals surface area contributed by atoms with Crippen molar-refractivity contribution in [1.82, 2.24) is 9.88 Å². The standard InChI is InChI=1S/C32H31F4N7O4S/c1-17-15-21(11-12-22(17)19-5-3-2-4-6-19)43(16-18-7-9-20(10-8-18)27(44)40-28(37)42-38)30(45)41-29-39-23-13-14-24-25(26(23)48-29)47-32(35,36)31(33,34)46-24/h7-15,17,19,22,38H,2-6,16H2,1H3,(H2,37,40,44)(H,39,41,45)/p+1. The van der Waals surface area contributed by atoms with Gasteiger partial charge in [-0.3, -0.25) is 15.0 Å². The number of carbonyl (C=O) groups is 2. The van der Waals surface area contributed by atoms with Gasteiger partial charge in [0, 0.05) is 16.4 Å². The first-order chi connectivity index (χ1) is 22.8. The highest BCUT2D eigenvalue weighted by Gasteiger charge is 2.66. The molecular weight excluding hydrogens is 654 g/mol. The Morgan fingerprint density at radius 1 is 1.08 bits per heavy atom. The number of nitrogens with one attached hydrogen (secondary N) is 1. The van der Waals surface area contributed by atoms with E-state index in [1.165, 1.54) is 42.4 Å². The summed E-state index contributed by atoms with van der Waals surface area (Å²) in [5, 5.41) is 5.91. The van der Waals surface area contributed by atoms with E-state index in [9.17, 15) is 27.2 Å². The van der Waals surface area contributed by atoms with Crippen LogP contribution < -0.4 is 26.1 Å². The molecule has 2 atom stereocenters. The number of alkyl halides is 4. The zero-order chi connectivity index (χ0) is 34.2. The van der Waals surface area contributed by atoms with Crippen LogP contribution in [0, 0.1) is 17.8 Å². The van der Waals surface area contributed by atoms with Crippen molar-refractivity contribution in [2.45, 2.75) is 57.8 Å². The van der Waals surface area contributed by atoms with Gasteiger partial charge in [-0.2, -0.15) is 22.6 Å². The first-order valence-electron chi connectivity index (χ1n) is 15.3. The number of benzene rings is 2. The van der Waals surface area contributed by atoms with Crippen LogP contribution in [0.25, 0.3) is 10.2 Å². The summed E-state index contributed by atoms with van der Waals surface area (Å²) >= 11 is 0.776. The quantitative estimate of drug-likeness (QED) is 0.121. The molecule has 1 aromatic heterocycles. The molecule has 0 spiro atoms. The molecule has 252 valence electrons. The van der Waals surface area contributed by atoms with Crippen molar-refractivity contribution in [1.29, 1.82) is 0 Å². The highest BCUT2D eigenvalue weighted by molar-refractivity contribution is 7.22. The van der Waals surface area contributed by atoms with E-state index in [2.05, 4.69) is 42.9 Å². The minimum Gasteiger partial charge on any atom is -0.421 e. The summed E-state index contributed by atoms with van der Waals surface area (Å²) in [7, 11) is 0. The number of allylic oxidation sites excluding steroid dienone is 3. The Labute approximate surface area is 276 Å². The van der Waals surface area contributed by atoms with Crippen molar-refractivity contribution in [3.05, 3.63) is 71.5 Å². The van der Waals surface area contributed by atoms with E-state index < -0.39 is 35.7 Å². The van der Waals surface area contributed by atoms with E-state index >= 15 is 0 Å². The van der Waals surface area contributed by atoms with Gasteiger partial charge in [-0.1, -0.05) is 61.8 Å². The summed E-state index contributed by atoms with van der Waals surface area (Å²) in [5.74, 6) is -1.15. The fraction of sp³-hybridized carbons (Fsp3) is 0.375. The highest BCUT2D eigenvalue weighted by atomic mass is 32.1. The zero-order valence-corrected chi connectivity index (χ0v) is 26.5. The van der Waals surface area contributed by atoms with Gasteiger partial charge in [0.25, 0.3) is 11.9 Å². The Hall–Kier alpha value is -4.86. The maximum absolute atomic E-state index is 14.0. The van der Waals surface area contributed by atoms with Crippen molar-refractivity contribution < 1.29 is 42.2 Å². The molecule has 6 rings (SSSR count). The Morgan fingerprint density at radius 2 is 1.79 bits per heavy atom. The number of guanidine groups is 1. The van der Waals surface area contributed by atoms with Gasteiger partial charge < -0.3 is 15.2 Å². The van der Waals surface area contributed by atoms with E-state index in [-0.39, 0.29) is 39.3 Å².